The first-order chi connectivity index (χ1) is 19.9. The highest BCUT2D eigenvalue weighted by Gasteiger charge is 2.28. The number of nitrogens with zero attached hydrogens (tertiary/aromatic N) is 2. The van der Waals surface area contributed by atoms with Gasteiger partial charge in [-0.05, 0) is 72.5 Å². The van der Waals surface area contributed by atoms with Crippen LogP contribution in [0, 0.1) is 6.92 Å². The summed E-state index contributed by atoms with van der Waals surface area (Å²) < 4.78 is 24.0. The zero-order chi connectivity index (χ0) is 29.1. The number of pyridine rings is 2. The van der Waals surface area contributed by atoms with Gasteiger partial charge in [-0.1, -0.05) is 18.2 Å². The number of methoxy groups -OCH3 is 3. The molecule has 9 heteroatoms. The van der Waals surface area contributed by atoms with Gasteiger partial charge in [0.05, 0.1) is 32.4 Å². The van der Waals surface area contributed by atoms with E-state index < -0.39 is 11.5 Å². The number of nitrogen functional groups attached to an aromatic ring is 1. The van der Waals surface area contributed by atoms with Gasteiger partial charge in [0.2, 0.25) is 0 Å². The molecule has 2 heterocycles. The second kappa shape index (κ2) is 11.4. The van der Waals surface area contributed by atoms with Gasteiger partial charge in [-0.3, -0.25) is 14.3 Å². The standard InChI is InChI=1S/C32H29N3O6/c1-19-8-14-25(30(39-3)29(19)38-2)27-24-15-13-23(41-18-21-7-5-6-16-34-21)17-26(24)31(36)35(28(27)32(37)40-4)22-11-9-20(33)10-12-22/h5-17H,18,33H2,1-4H3. The molecule has 0 spiro atoms. The molecule has 41 heavy (non-hydrogen) atoms. The van der Waals surface area contributed by atoms with Crippen molar-refractivity contribution in [3.63, 3.8) is 0 Å². The van der Waals surface area contributed by atoms with Crippen LogP contribution in [0.2, 0.25) is 0 Å². The summed E-state index contributed by atoms with van der Waals surface area (Å²) >= 11 is 0. The van der Waals surface area contributed by atoms with Gasteiger partial charge >= 0.3 is 5.97 Å². The maximum Gasteiger partial charge on any atom is 0.355 e. The molecule has 0 bridgehead atoms. The van der Waals surface area contributed by atoms with E-state index >= 15 is 0 Å². The monoisotopic (exact) mass is 551 g/mol. The number of fused-ring (bicyclic) bond motifs is 1. The molecule has 208 valence electrons. The lowest BCUT2D eigenvalue weighted by molar-refractivity contribution is 0.0591. The minimum Gasteiger partial charge on any atom is -0.493 e. The van der Waals surface area contributed by atoms with Crippen molar-refractivity contribution in [2.24, 2.45) is 0 Å². The van der Waals surface area contributed by atoms with Crippen LogP contribution >= 0.6 is 0 Å². The van der Waals surface area contributed by atoms with E-state index in [0.717, 1.165) is 11.3 Å². The van der Waals surface area contributed by atoms with Crippen molar-refractivity contribution in [2.45, 2.75) is 13.5 Å². The number of aryl methyl sites for hydroxylation is 1. The van der Waals surface area contributed by atoms with E-state index in [0.29, 0.717) is 50.5 Å². The molecule has 0 saturated heterocycles. The van der Waals surface area contributed by atoms with Crippen LogP contribution in [0.15, 0.2) is 83.8 Å². The lowest BCUT2D eigenvalue weighted by Crippen LogP contribution is -2.27. The van der Waals surface area contributed by atoms with Gasteiger partial charge in [0.15, 0.2) is 11.5 Å². The highest BCUT2D eigenvalue weighted by Crippen LogP contribution is 2.44. The van der Waals surface area contributed by atoms with Crippen LogP contribution in [-0.2, 0) is 11.3 Å². The topological polar surface area (TPSA) is 115 Å². The molecule has 2 aromatic heterocycles. The minimum atomic E-state index is -0.701. The number of carbonyl (C=O) groups is 1. The first kappa shape index (κ1) is 27.3. The second-order valence-corrected chi connectivity index (χ2v) is 9.26. The summed E-state index contributed by atoms with van der Waals surface area (Å²) in [5, 5.41) is 0.834. The van der Waals surface area contributed by atoms with E-state index in [1.165, 1.54) is 18.8 Å². The lowest BCUT2D eigenvalue weighted by Gasteiger charge is -2.22. The molecule has 0 atom stereocenters. The van der Waals surface area contributed by atoms with E-state index in [2.05, 4.69) is 4.98 Å². The summed E-state index contributed by atoms with van der Waals surface area (Å²) in [4.78, 5) is 32.0. The van der Waals surface area contributed by atoms with Crippen LogP contribution in [0.25, 0.3) is 27.6 Å². The summed E-state index contributed by atoms with van der Waals surface area (Å²) in [7, 11) is 4.35. The number of hydrogen-bond acceptors (Lipinski definition) is 8. The molecule has 0 fully saturated rings. The fourth-order valence-electron chi connectivity index (χ4n) is 4.86. The molecular formula is C32H29N3O6. The molecule has 0 saturated carbocycles. The van der Waals surface area contributed by atoms with Crippen molar-refractivity contribution < 1.29 is 23.7 Å². The summed E-state index contributed by atoms with van der Waals surface area (Å²) in [6.45, 7) is 2.11. The van der Waals surface area contributed by atoms with Crippen LogP contribution in [0.1, 0.15) is 21.7 Å². The predicted molar refractivity (Wildman–Crippen MR) is 157 cm³/mol. The molecule has 9 nitrogen and oxygen atoms in total. The van der Waals surface area contributed by atoms with Crippen molar-refractivity contribution in [3.05, 3.63) is 106 Å². The molecule has 3 aromatic carbocycles. The van der Waals surface area contributed by atoms with Gasteiger partial charge in [-0.25, -0.2) is 4.79 Å². The average Bonchev–Trinajstić information content (AvgIpc) is 3.00. The Hall–Kier alpha value is -5.31. The number of ether oxygens (including phenoxy) is 4. The minimum absolute atomic E-state index is 0.0288. The van der Waals surface area contributed by atoms with Gasteiger partial charge in [0, 0.05) is 28.7 Å². The Labute approximate surface area is 236 Å². The summed E-state index contributed by atoms with van der Waals surface area (Å²) in [6.07, 6.45) is 1.69. The van der Waals surface area contributed by atoms with Crippen LogP contribution in [0.5, 0.6) is 17.2 Å². The van der Waals surface area contributed by atoms with E-state index in [1.54, 1.807) is 55.8 Å². The largest absolute Gasteiger partial charge is 0.493 e. The van der Waals surface area contributed by atoms with Crippen LogP contribution in [0.3, 0.4) is 0 Å². The van der Waals surface area contributed by atoms with Crippen LogP contribution < -0.4 is 25.5 Å². The summed E-state index contributed by atoms with van der Waals surface area (Å²) in [5.74, 6) is 0.689. The SMILES string of the molecule is COC(=O)c1c(-c2ccc(C)c(OC)c2OC)c2ccc(OCc3ccccn3)cc2c(=O)n1-c1ccc(N)cc1. The van der Waals surface area contributed by atoms with Gasteiger partial charge in [0.1, 0.15) is 18.1 Å². The number of hydrogen-bond donors (Lipinski definition) is 1. The number of esters is 1. The molecular weight excluding hydrogens is 522 g/mol. The highest BCUT2D eigenvalue weighted by atomic mass is 16.5. The number of rotatable bonds is 8. The van der Waals surface area contributed by atoms with Crippen molar-refractivity contribution in [1.82, 2.24) is 9.55 Å². The Morgan fingerprint density at radius 1 is 0.902 bits per heavy atom. The van der Waals surface area contributed by atoms with Crippen molar-refractivity contribution in [3.8, 4) is 34.1 Å². The predicted octanol–water partition coefficient (Wildman–Crippen LogP) is 5.33. The molecule has 0 aliphatic carbocycles. The van der Waals surface area contributed by atoms with Gasteiger partial charge in [-0.2, -0.15) is 0 Å². The Balaban J connectivity index is 1.86. The third-order valence-corrected chi connectivity index (χ3v) is 6.78. The van der Waals surface area contributed by atoms with Crippen LogP contribution in [0.4, 0.5) is 5.69 Å². The Morgan fingerprint density at radius 3 is 2.32 bits per heavy atom. The van der Waals surface area contributed by atoms with Crippen LogP contribution in [-0.4, -0.2) is 36.8 Å². The number of benzene rings is 3. The van der Waals surface area contributed by atoms with E-state index in [4.69, 9.17) is 24.7 Å². The third-order valence-electron chi connectivity index (χ3n) is 6.78. The quantitative estimate of drug-likeness (QED) is 0.203. The lowest BCUT2D eigenvalue weighted by atomic mass is 9.94. The summed E-state index contributed by atoms with van der Waals surface area (Å²) in [6, 6.07) is 21.1. The second-order valence-electron chi connectivity index (χ2n) is 9.26. The molecule has 5 rings (SSSR count). The molecule has 0 radical (unpaired) electrons. The normalized spacial score (nSPS) is 10.8. The number of aromatic nitrogens is 2. The third kappa shape index (κ3) is 5.05. The molecule has 0 amide bonds. The molecule has 5 aromatic rings. The summed E-state index contributed by atoms with van der Waals surface area (Å²) in [5.41, 5.74) is 9.04. The number of nitrogens with two attached hydrogens (primary N) is 1. The zero-order valence-corrected chi connectivity index (χ0v) is 23.1. The van der Waals surface area contributed by atoms with Crippen molar-refractivity contribution in [1.29, 1.82) is 0 Å². The van der Waals surface area contributed by atoms with E-state index in [-0.39, 0.29) is 12.3 Å². The molecule has 0 unspecified atom stereocenters. The van der Waals surface area contributed by atoms with Crippen molar-refractivity contribution >= 4 is 22.4 Å². The van der Waals surface area contributed by atoms with Gasteiger partial charge in [-0.15, -0.1) is 0 Å². The van der Waals surface area contributed by atoms with E-state index in [9.17, 15) is 9.59 Å². The Kier molecular flexibility index (Phi) is 7.60. The zero-order valence-electron chi connectivity index (χ0n) is 23.1. The fraction of sp³-hybridized carbons (Fsp3) is 0.156. The number of carbonyl (C=O) groups excluding carboxylic acids is 1. The highest BCUT2D eigenvalue weighted by molar-refractivity contribution is 6.08. The molecule has 2 N–H and O–H groups in total. The first-order valence-corrected chi connectivity index (χ1v) is 12.8. The Bertz CT molecular complexity index is 1800. The first-order valence-electron chi connectivity index (χ1n) is 12.8. The Morgan fingerprint density at radius 2 is 1.66 bits per heavy atom. The molecule has 0 aliphatic heterocycles. The van der Waals surface area contributed by atoms with Gasteiger partial charge < -0.3 is 24.7 Å². The number of anilines is 1. The maximum absolute atomic E-state index is 14.2. The van der Waals surface area contributed by atoms with E-state index in [1.807, 2.05) is 37.3 Å². The smallest absolute Gasteiger partial charge is 0.355 e. The fourth-order valence-corrected chi connectivity index (χ4v) is 4.86. The van der Waals surface area contributed by atoms with Crippen molar-refractivity contribution in [2.75, 3.05) is 27.1 Å². The molecule has 0 aliphatic rings. The average molecular weight is 552 g/mol. The maximum atomic E-state index is 14.2. The van der Waals surface area contributed by atoms with Gasteiger partial charge in [0.25, 0.3) is 5.56 Å².